The smallest absolute Gasteiger partial charge is 0.224 e. The van der Waals surface area contributed by atoms with Crippen LogP contribution in [0.3, 0.4) is 0 Å². The number of nitrogens with zero attached hydrogens (tertiary/aromatic N) is 2. The molecule has 6 heteroatoms. The van der Waals surface area contributed by atoms with Crippen molar-refractivity contribution in [3.8, 4) is 11.5 Å². The highest BCUT2D eigenvalue weighted by atomic mass is 35.5. The highest BCUT2D eigenvalue weighted by molar-refractivity contribution is 6.28. The van der Waals surface area contributed by atoms with E-state index >= 15 is 0 Å². The number of hydrogen-bond acceptors (Lipinski definition) is 5. The zero-order valence-electron chi connectivity index (χ0n) is 12.7. The number of rotatable bonds is 6. The van der Waals surface area contributed by atoms with Crippen molar-refractivity contribution in [1.29, 1.82) is 0 Å². The molecule has 0 amide bonds. The highest BCUT2D eigenvalue weighted by Gasteiger charge is 2.14. The molecule has 1 heterocycles. The van der Waals surface area contributed by atoms with Crippen molar-refractivity contribution < 1.29 is 9.47 Å². The van der Waals surface area contributed by atoms with E-state index in [1.54, 1.807) is 20.3 Å². The number of halogens is 1. The van der Waals surface area contributed by atoms with Crippen molar-refractivity contribution in [2.75, 3.05) is 19.5 Å². The summed E-state index contributed by atoms with van der Waals surface area (Å²) in [6, 6.07) is 4.02. The SMILES string of the molecule is CCC(CC)Nc1nc(Cl)nc2cc(OC)c(OC)cc12. The number of anilines is 1. The molecule has 0 bridgehead atoms. The second-order valence-corrected chi connectivity index (χ2v) is 5.06. The third kappa shape index (κ3) is 3.29. The Morgan fingerprint density at radius 1 is 1.10 bits per heavy atom. The third-order valence-corrected chi connectivity index (χ3v) is 3.67. The first-order valence-electron chi connectivity index (χ1n) is 6.98. The Kier molecular flexibility index (Phi) is 5.07. The summed E-state index contributed by atoms with van der Waals surface area (Å²) >= 11 is 6.03. The minimum Gasteiger partial charge on any atom is -0.493 e. The van der Waals surface area contributed by atoms with Crippen LogP contribution in [0.15, 0.2) is 12.1 Å². The fourth-order valence-corrected chi connectivity index (χ4v) is 2.40. The molecule has 0 atom stereocenters. The lowest BCUT2D eigenvalue weighted by Gasteiger charge is -2.17. The molecule has 5 nitrogen and oxygen atoms in total. The molecule has 0 aliphatic rings. The topological polar surface area (TPSA) is 56.3 Å². The van der Waals surface area contributed by atoms with Crippen LogP contribution in [0.25, 0.3) is 10.9 Å². The summed E-state index contributed by atoms with van der Waals surface area (Å²) < 4.78 is 10.6. The van der Waals surface area contributed by atoms with Crippen LogP contribution in [0.4, 0.5) is 5.82 Å². The molecular weight excluding hydrogens is 290 g/mol. The summed E-state index contributed by atoms with van der Waals surface area (Å²) in [5.41, 5.74) is 0.723. The van der Waals surface area contributed by atoms with Crippen molar-refractivity contribution in [1.82, 2.24) is 9.97 Å². The van der Waals surface area contributed by atoms with Crippen molar-refractivity contribution in [3.05, 3.63) is 17.4 Å². The molecule has 1 aromatic carbocycles. The number of benzene rings is 1. The quantitative estimate of drug-likeness (QED) is 0.820. The van der Waals surface area contributed by atoms with Gasteiger partial charge in [-0.2, -0.15) is 0 Å². The van der Waals surface area contributed by atoms with Gasteiger partial charge in [0.1, 0.15) is 5.82 Å². The first-order chi connectivity index (χ1) is 10.1. The first kappa shape index (κ1) is 15.6. The van der Waals surface area contributed by atoms with Gasteiger partial charge in [0.15, 0.2) is 11.5 Å². The lowest BCUT2D eigenvalue weighted by Crippen LogP contribution is -2.18. The number of ether oxygens (including phenoxy) is 2. The number of methoxy groups -OCH3 is 2. The summed E-state index contributed by atoms with van der Waals surface area (Å²) in [6.45, 7) is 4.27. The van der Waals surface area contributed by atoms with Crippen molar-refractivity contribution in [2.24, 2.45) is 0 Å². The van der Waals surface area contributed by atoms with Crippen LogP contribution in [0, 0.1) is 0 Å². The second-order valence-electron chi connectivity index (χ2n) is 4.72. The van der Waals surface area contributed by atoms with Gasteiger partial charge in [-0.25, -0.2) is 9.97 Å². The Balaban J connectivity index is 2.58. The monoisotopic (exact) mass is 309 g/mol. The van der Waals surface area contributed by atoms with Crippen LogP contribution in [0.1, 0.15) is 26.7 Å². The van der Waals surface area contributed by atoms with Crippen LogP contribution in [0.2, 0.25) is 5.28 Å². The van der Waals surface area contributed by atoms with Crippen LogP contribution in [0.5, 0.6) is 11.5 Å². The summed E-state index contributed by atoms with van der Waals surface area (Å²) in [6.07, 6.45) is 2.01. The number of aromatic nitrogens is 2. The van der Waals surface area contributed by atoms with E-state index in [0.717, 1.165) is 29.6 Å². The molecule has 2 aromatic rings. The molecule has 0 saturated carbocycles. The van der Waals surface area contributed by atoms with Gasteiger partial charge in [0, 0.05) is 17.5 Å². The Morgan fingerprint density at radius 3 is 2.29 bits per heavy atom. The van der Waals surface area contributed by atoms with Crippen molar-refractivity contribution >= 4 is 28.3 Å². The van der Waals surface area contributed by atoms with E-state index in [1.165, 1.54) is 0 Å². The molecule has 0 saturated heterocycles. The zero-order chi connectivity index (χ0) is 15.4. The standard InChI is InChI=1S/C15H20ClN3O2/c1-5-9(6-2)17-14-10-7-12(20-3)13(21-4)8-11(10)18-15(16)19-14/h7-9H,5-6H2,1-4H3,(H,17,18,19). The minimum atomic E-state index is 0.211. The Labute approximate surface area is 129 Å². The molecule has 0 aliphatic carbocycles. The molecule has 0 spiro atoms. The molecule has 0 unspecified atom stereocenters. The molecule has 1 N–H and O–H groups in total. The molecule has 0 aliphatic heterocycles. The maximum Gasteiger partial charge on any atom is 0.224 e. The highest BCUT2D eigenvalue weighted by Crippen LogP contribution is 2.34. The predicted molar refractivity (Wildman–Crippen MR) is 85.6 cm³/mol. The van der Waals surface area contributed by atoms with Gasteiger partial charge in [0.05, 0.1) is 19.7 Å². The minimum absolute atomic E-state index is 0.211. The van der Waals surface area contributed by atoms with E-state index in [0.29, 0.717) is 17.5 Å². The van der Waals surface area contributed by atoms with Gasteiger partial charge in [0.2, 0.25) is 5.28 Å². The predicted octanol–water partition coefficient (Wildman–Crippen LogP) is 3.90. The summed E-state index contributed by atoms with van der Waals surface area (Å²) in [7, 11) is 3.20. The van der Waals surface area contributed by atoms with Gasteiger partial charge in [-0.1, -0.05) is 13.8 Å². The van der Waals surface area contributed by atoms with Gasteiger partial charge in [-0.15, -0.1) is 0 Å². The maximum absolute atomic E-state index is 6.03. The molecule has 2 rings (SSSR count). The van der Waals surface area contributed by atoms with Crippen LogP contribution >= 0.6 is 11.6 Å². The molecule has 1 aromatic heterocycles. The molecule has 0 fully saturated rings. The fourth-order valence-electron chi connectivity index (χ4n) is 2.22. The van der Waals surface area contributed by atoms with Gasteiger partial charge >= 0.3 is 0 Å². The normalized spacial score (nSPS) is 11.0. The summed E-state index contributed by atoms with van der Waals surface area (Å²) in [5.74, 6) is 1.98. The van der Waals surface area contributed by atoms with Crippen LogP contribution < -0.4 is 14.8 Å². The molecule has 0 radical (unpaired) electrons. The molecule has 21 heavy (non-hydrogen) atoms. The number of hydrogen-bond donors (Lipinski definition) is 1. The third-order valence-electron chi connectivity index (χ3n) is 3.50. The fraction of sp³-hybridized carbons (Fsp3) is 0.467. The average molecular weight is 310 g/mol. The Bertz CT molecular complexity index is 630. The lowest BCUT2D eigenvalue weighted by atomic mass is 10.1. The number of fused-ring (bicyclic) bond motifs is 1. The van der Waals surface area contributed by atoms with Crippen LogP contribution in [-0.2, 0) is 0 Å². The number of nitrogens with one attached hydrogen (secondary N) is 1. The van der Waals surface area contributed by atoms with E-state index < -0.39 is 0 Å². The van der Waals surface area contributed by atoms with E-state index in [9.17, 15) is 0 Å². The van der Waals surface area contributed by atoms with E-state index in [2.05, 4.69) is 29.1 Å². The van der Waals surface area contributed by atoms with Crippen LogP contribution in [-0.4, -0.2) is 30.2 Å². The largest absolute Gasteiger partial charge is 0.493 e. The summed E-state index contributed by atoms with van der Waals surface area (Å²) in [4.78, 5) is 8.57. The van der Waals surface area contributed by atoms with E-state index in [1.807, 2.05) is 6.07 Å². The lowest BCUT2D eigenvalue weighted by molar-refractivity contribution is 0.356. The zero-order valence-corrected chi connectivity index (χ0v) is 13.5. The first-order valence-corrected chi connectivity index (χ1v) is 7.36. The van der Waals surface area contributed by atoms with Crippen molar-refractivity contribution in [2.45, 2.75) is 32.7 Å². The van der Waals surface area contributed by atoms with Gasteiger partial charge < -0.3 is 14.8 Å². The summed E-state index contributed by atoms with van der Waals surface area (Å²) in [5, 5.41) is 4.50. The second kappa shape index (κ2) is 6.80. The Hall–Kier alpha value is -1.75. The molecule has 114 valence electrons. The maximum atomic E-state index is 6.03. The van der Waals surface area contributed by atoms with Crippen molar-refractivity contribution in [3.63, 3.8) is 0 Å². The van der Waals surface area contributed by atoms with E-state index in [4.69, 9.17) is 21.1 Å². The Morgan fingerprint density at radius 2 is 1.71 bits per heavy atom. The van der Waals surface area contributed by atoms with Gasteiger partial charge in [-0.05, 0) is 30.5 Å². The average Bonchev–Trinajstić information content (AvgIpc) is 2.50. The molecular formula is C15H20ClN3O2. The van der Waals surface area contributed by atoms with Gasteiger partial charge in [0.25, 0.3) is 0 Å². The van der Waals surface area contributed by atoms with Gasteiger partial charge in [-0.3, -0.25) is 0 Å². The van der Waals surface area contributed by atoms with E-state index in [-0.39, 0.29) is 5.28 Å².